The predicted octanol–water partition coefficient (Wildman–Crippen LogP) is 2.73. The average Bonchev–Trinajstić information content (AvgIpc) is 2.53. The van der Waals surface area contributed by atoms with Gasteiger partial charge in [-0.3, -0.25) is 4.79 Å². The Morgan fingerprint density at radius 2 is 2.00 bits per heavy atom. The van der Waals surface area contributed by atoms with Crippen LogP contribution in [-0.4, -0.2) is 34.5 Å². The number of hydrogen-bond donors (Lipinski definition) is 1. The second-order valence-electron chi connectivity index (χ2n) is 6.05. The Hall–Kier alpha value is -1.68. The fraction of sp³-hybridized carbons (Fsp3) is 0.529. The van der Waals surface area contributed by atoms with E-state index in [1.54, 1.807) is 0 Å². The van der Waals surface area contributed by atoms with E-state index in [2.05, 4.69) is 21.9 Å². The Kier molecular flexibility index (Phi) is 4.34. The van der Waals surface area contributed by atoms with Crippen LogP contribution < -0.4 is 5.56 Å². The fourth-order valence-corrected chi connectivity index (χ4v) is 3.24. The lowest BCUT2D eigenvalue weighted by Gasteiger charge is -2.31. The number of benzene rings is 1. The van der Waals surface area contributed by atoms with E-state index >= 15 is 0 Å². The first-order valence-electron chi connectivity index (χ1n) is 7.92. The normalized spacial score (nSPS) is 16.7. The van der Waals surface area contributed by atoms with E-state index in [4.69, 9.17) is 0 Å². The number of aromatic amines is 1. The molecule has 21 heavy (non-hydrogen) atoms. The topological polar surface area (TPSA) is 49.0 Å². The third-order valence-corrected chi connectivity index (χ3v) is 4.56. The highest BCUT2D eigenvalue weighted by Gasteiger charge is 2.17. The third-order valence-electron chi connectivity index (χ3n) is 4.56. The molecule has 2 aromatic rings. The Balaban J connectivity index is 1.69. The SMILES string of the molecule is CN(CCc1nc2ccccc2c(=O)[nH]1)C1CCCCC1. The minimum atomic E-state index is -0.0316. The van der Waals surface area contributed by atoms with Crippen LogP contribution in [0.4, 0.5) is 0 Å². The van der Waals surface area contributed by atoms with Crippen molar-refractivity contribution in [3.05, 3.63) is 40.4 Å². The molecule has 1 saturated carbocycles. The van der Waals surface area contributed by atoms with Crippen LogP contribution in [0.2, 0.25) is 0 Å². The molecule has 4 heteroatoms. The van der Waals surface area contributed by atoms with E-state index in [1.807, 2.05) is 24.3 Å². The fourth-order valence-electron chi connectivity index (χ4n) is 3.24. The van der Waals surface area contributed by atoms with Gasteiger partial charge in [-0.2, -0.15) is 0 Å². The zero-order chi connectivity index (χ0) is 14.7. The molecule has 112 valence electrons. The van der Waals surface area contributed by atoms with Crippen LogP contribution in [-0.2, 0) is 6.42 Å². The summed E-state index contributed by atoms with van der Waals surface area (Å²) in [5.74, 6) is 0.793. The van der Waals surface area contributed by atoms with Gasteiger partial charge in [0, 0.05) is 19.0 Å². The van der Waals surface area contributed by atoms with Crippen LogP contribution >= 0.6 is 0 Å². The minimum Gasteiger partial charge on any atom is -0.310 e. The summed E-state index contributed by atoms with van der Waals surface area (Å²) in [5, 5.41) is 0.668. The number of para-hydroxylation sites is 1. The Labute approximate surface area is 125 Å². The van der Waals surface area contributed by atoms with Gasteiger partial charge in [0.05, 0.1) is 10.9 Å². The largest absolute Gasteiger partial charge is 0.310 e. The number of H-pyrrole nitrogens is 1. The molecule has 4 nitrogen and oxygen atoms in total. The summed E-state index contributed by atoms with van der Waals surface area (Å²) in [7, 11) is 2.19. The molecule has 1 aliphatic carbocycles. The predicted molar refractivity (Wildman–Crippen MR) is 85.6 cm³/mol. The lowest BCUT2D eigenvalue weighted by molar-refractivity contribution is 0.193. The number of hydrogen-bond acceptors (Lipinski definition) is 3. The van der Waals surface area contributed by atoms with Crippen LogP contribution in [0.5, 0.6) is 0 Å². The van der Waals surface area contributed by atoms with Gasteiger partial charge in [0.25, 0.3) is 5.56 Å². The van der Waals surface area contributed by atoms with Crippen LogP contribution in [0.3, 0.4) is 0 Å². The van der Waals surface area contributed by atoms with Crippen LogP contribution in [0.1, 0.15) is 37.9 Å². The van der Waals surface area contributed by atoms with Crippen molar-refractivity contribution in [1.29, 1.82) is 0 Å². The van der Waals surface area contributed by atoms with Crippen molar-refractivity contribution >= 4 is 10.9 Å². The molecule has 1 aliphatic rings. The maximum atomic E-state index is 12.0. The van der Waals surface area contributed by atoms with Crippen molar-refractivity contribution in [3.8, 4) is 0 Å². The quantitative estimate of drug-likeness (QED) is 0.939. The molecule has 1 aromatic heterocycles. The number of rotatable bonds is 4. The molecule has 1 heterocycles. The van der Waals surface area contributed by atoms with Gasteiger partial charge in [-0.1, -0.05) is 31.4 Å². The van der Waals surface area contributed by atoms with Crippen molar-refractivity contribution < 1.29 is 0 Å². The van der Waals surface area contributed by atoms with Gasteiger partial charge in [0.1, 0.15) is 5.82 Å². The zero-order valence-electron chi connectivity index (χ0n) is 12.6. The Morgan fingerprint density at radius 3 is 2.81 bits per heavy atom. The molecular weight excluding hydrogens is 262 g/mol. The highest BCUT2D eigenvalue weighted by atomic mass is 16.1. The molecule has 0 bridgehead atoms. The summed E-state index contributed by atoms with van der Waals surface area (Å²) in [6.07, 6.45) is 7.48. The summed E-state index contributed by atoms with van der Waals surface area (Å²) in [6.45, 7) is 0.950. The lowest BCUT2D eigenvalue weighted by Crippen LogP contribution is -2.35. The van der Waals surface area contributed by atoms with Gasteiger partial charge in [-0.25, -0.2) is 4.98 Å². The minimum absolute atomic E-state index is 0.0316. The summed E-state index contributed by atoms with van der Waals surface area (Å²) in [4.78, 5) is 21.9. The second-order valence-corrected chi connectivity index (χ2v) is 6.05. The molecule has 0 aliphatic heterocycles. The first kappa shape index (κ1) is 14.3. The summed E-state index contributed by atoms with van der Waals surface area (Å²) >= 11 is 0. The number of nitrogens with one attached hydrogen (secondary N) is 1. The maximum absolute atomic E-state index is 12.0. The molecule has 1 N–H and O–H groups in total. The summed E-state index contributed by atoms with van der Waals surface area (Å²) < 4.78 is 0. The monoisotopic (exact) mass is 285 g/mol. The van der Waals surface area contributed by atoms with Gasteiger partial charge < -0.3 is 9.88 Å². The van der Waals surface area contributed by atoms with E-state index in [-0.39, 0.29) is 5.56 Å². The van der Waals surface area contributed by atoms with Gasteiger partial charge in [-0.05, 0) is 32.0 Å². The van der Waals surface area contributed by atoms with Gasteiger partial charge in [-0.15, -0.1) is 0 Å². The van der Waals surface area contributed by atoms with E-state index in [1.165, 1.54) is 32.1 Å². The summed E-state index contributed by atoms with van der Waals surface area (Å²) in [5.41, 5.74) is 0.757. The molecule has 3 rings (SSSR count). The lowest BCUT2D eigenvalue weighted by atomic mass is 9.94. The van der Waals surface area contributed by atoms with E-state index in [9.17, 15) is 4.79 Å². The van der Waals surface area contributed by atoms with Gasteiger partial charge in [0.15, 0.2) is 0 Å². The maximum Gasteiger partial charge on any atom is 0.258 e. The molecule has 0 saturated heterocycles. The molecule has 0 atom stereocenters. The van der Waals surface area contributed by atoms with Crippen molar-refractivity contribution in [3.63, 3.8) is 0 Å². The molecule has 0 unspecified atom stereocenters. The molecule has 1 fully saturated rings. The smallest absolute Gasteiger partial charge is 0.258 e. The van der Waals surface area contributed by atoms with Crippen LogP contribution in [0.15, 0.2) is 29.1 Å². The number of aromatic nitrogens is 2. The van der Waals surface area contributed by atoms with Crippen molar-refractivity contribution in [1.82, 2.24) is 14.9 Å². The highest BCUT2D eigenvalue weighted by molar-refractivity contribution is 5.77. The van der Waals surface area contributed by atoms with E-state index < -0.39 is 0 Å². The number of likely N-dealkylation sites (N-methyl/N-ethyl adjacent to an activating group) is 1. The Bertz CT molecular complexity index is 658. The average molecular weight is 285 g/mol. The van der Waals surface area contributed by atoms with Gasteiger partial charge in [0.2, 0.25) is 0 Å². The van der Waals surface area contributed by atoms with Crippen molar-refractivity contribution in [2.75, 3.05) is 13.6 Å². The molecule has 0 amide bonds. The standard InChI is InChI=1S/C17H23N3O/c1-20(13-7-3-2-4-8-13)12-11-16-18-15-10-6-5-9-14(15)17(21)19-16/h5-6,9-10,13H,2-4,7-8,11-12H2,1H3,(H,18,19,21). The highest BCUT2D eigenvalue weighted by Crippen LogP contribution is 2.21. The molecule has 0 radical (unpaired) electrons. The van der Waals surface area contributed by atoms with Crippen molar-refractivity contribution in [2.24, 2.45) is 0 Å². The Morgan fingerprint density at radius 1 is 1.24 bits per heavy atom. The van der Waals surface area contributed by atoms with Crippen LogP contribution in [0.25, 0.3) is 10.9 Å². The summed E-state index contributed by atoms with van der Waals surface area (Å²) in [6, 6.07) is 8.21. The van der Waals surface area contributed by atoms with Crippen LogP contribution in [0, 0.1) is 0 Å². The first-order valence-corrected chi connectivity index (χ1v) is 7.92. The van der Waals surface area contributed by atoms with E-state index in [0.29, 0.717) is 11.4 Å². The van der Waals surface area contributed by atoms with Crippen molar-refractivity contribution in [2.45, 2.75) is 44.6 Å². The second kappa shape index (κ2) is 6.39. The third kappa shape index (κ3) is 3.32. The number of nitrogens with zero attached hydrogens (tertiary/aromatic N) is 2. The van der Waals surface area contributed by atoms with Gasteiger partial charge >= 0.3 is 0 Å². The first-order chi connectivity index (χ1) is 10.2. The molecule has 1 aromatic carbocycles. The number of fused-ring (bicyclic) bond motifs is 1. The zero-order valence-corrected chi connectivity index (χ0v) is 12.6. The van der Waals surface area contributed by atoms with E-state index in [0.717, 1.165) is 24.3 Å². The molecular formula is C17H23N3O. The molecule has 0 spiro atoms.